The monoisotopic (exact) mass is 379 g/mol. The van der Waals surface area contributed by atoms with Crippen LogP contribution in [0.25, 0.3) is 0 Å². The number of fused-ring (bicyclic) bond motifs is 1. The molecule has 0 aromatic heterocycles. The van der Waals surface area contributed by atoms with Crippen LogP contribution >= 0.6 is 0 Å². The number of hydrogen-bond acceptors (Lipinski definition) is 4. The summed E-state index contributed by atoms with van der Waals surface area (Å²) in [5, 5.41) is 2.96. The standard InChI is InChI=1S/C22H25N3O3/c1-2-3-9-17(13-23)24-20(26)16-8-6-7-15(12-16)14-25-21(27)18-10-4-5-11-19(18)22(25)28/h4-8,10-12,17H,2-3,9,13-14,23H2,1H3,(H,24,26). The highest BCUT2D eigenvalue weighted by Gasteiger charge is 2.35. The highest BCUT2D eigenvalue weighted by atomic mass is 16.2. The van der Waals surface area contributed by atoms with Crippen molar-refractivity contribution in [3.05, 3.63) is 70.8 Å². The molecule has 0 bridgehead atoms. The first-order chi connectivity index (χ1) is 13.5. The largest absolute Gasteiger partial charge is 0.348 e. The smallest absolute Gasteiger partial charge is 0.261 e. The molecule has 0 spiro atoms. The molecule has 6 heteroatoms. The summed E-state index contributed by atoms with van der Waals surface area (Å²) in [4.78, 5) is 38.8. The van der Waals surface area contributed by atoms with Crippen molar-refractivity contribution in [2.24, 2.45) is 5.73 Å². The van der Waals surface area contributed by atoms with Crippen LogP contribution in [0.4, 0.5) is 0 Å². The molecule has 1 aliphatic heterocycles. The molecular weight excluding hydrogens is 354 g/mol. The molecule has 3 amide bonds. The summed E-state index contributed by atoms with van der Waals surface area (Å²) in [5.41, 5.74) is 7.81. The molecule has 6 nitrogen and oxygen atoms in total. The van der Waals surface area contributed by atoms with E-state index in [1.165, 1.54) is 4.90 Å². The average molecular weight is 379 g/mol. The van der Waals surface area contributed by atoms with Crippen LogP contribution in [0.2, 0.25) is 0 Å². The molecule has 0 saturated carbocycles. The number of imide groups is 1. The molecule has 1 atom stereocenters. The number of benzene rings is 2. The van der Waals surface area contributed by atoms with Gasteiger partial charge in [-0.25, -0.2) is 0 Å². The lowest BCUT2D eigenvalue weighted by molar-refractivity contribution is 0.0642. The Kier molecular flexibility index (Phi) is 6.21. The Morgan fingerprint density at radius 3 is 2.36 bits per heavy atom. The summed E-state index contributed by atoms with van der Waals surface area (Å²) in [7, 11) is 0. The maximum absolute atomic E-state index is 12.6. The fourth-order valence-corrected chi connectivity index (χ4v) is 3.34. The Bertz CT molecular complexity index is 859. The van der Waals surface area contributed by atoms with Gasteiger partial charge in [0.15, 0.2) is 0 Å². The van der Waals surface area contributed by atoms with E-state index in [2.05, 4.69) is 12.2 Å². The van der Waals surface area contributed by atoms with Gasteiger partial charge in [0.05, 0.1) is 17.7 Å². The predicted molar refractivity (Wildman–Crippen MR) is 107 cm³/mol. The lowest BCUT2D eigenvalue weighted by Crippen LogP contribution is -2.40. The lowest BCUT2D eigenvalue weighted by Gasteiger charge is -2.17. The third-order valence-corrected chi connectivity index (χ3v) is 4.93. The van der Waals surface area contributed by atoms with E-state index < -0.39 is 0 Å². The molecule has 1 unspecified atom stereocenters. The third kappa shape index (κ3) is 4.12. The third-order valence-electron chi connectivity index (χ3n) is 4.93. The van der Waals surface area contributed by atoms with Crippen molar-refractivity contribution in [2.75, 3.05) is 6.54 Å². The Morgan fingerprint density at radius 2 is 1.75 bits per heavy atom. The molecule has 0 aliphatic carbocycles. The topological polar surface area (TPSA) is 92.5 Å². The summed E-state index contributed by atoms with van der Waals surface area (Å²) in [6.07, 6.45) is 2.89. The van der Waals surface area contributed by atoms with Crippen molar-refractivity contribution in [1.82, 2.24) is 10.2 Å². The van der Waals surface area contributed by atoms with Gasteiger partial charge in [-0.15, -0.1) is 0 Å². The highest BCUT2D eigenvalue weighted by molar-refractivity contribution is 6.21. The Hall–Kier alpha value is -2.99. The summed E-state index contributed by atoms with van der Waals surface area (Å²) in [6.45, 7) is 2.61. The second-order valence-corrected chi connectivity index (χ2v) is 6.99. The first kappa shape index (κ1) is 19.8. The molecule has 0 fully saturated rings. The Balaban J connectivity index is 1.71. The van der Waals surface area contributed by atoms with E-state index in [0.717, 1.165) is 24.8 Å². The van der Waals surface area contributed by atoms with E-state index >= 15 is 0 Å². The number of carbonyl (C=O) groups is 3. The number of amides is 3. The van der Waals surface area contributed by atoms with Crippen molar-refractivity contribution in [3.63, 3.8) is 0 Å². The summed E-state index contributed by atoms with van der Waals surface area (Å²) in [6, 6.07) is 13.7. The summed E-state index contributed by atoms with van der Waals surface area (Å²) in [5.74, 6) is -0.813. The van der Waals surface area contributed by atoms with Crippen LogP contribution in [0, 0.1) is 0 Å². The van der Waals surface area contributed by atoms with Crippen LogP contribution in [-0.4, -0.2) is 35.2 Å². The number of carbonyl (C=O) groups excluding carboxylic acids is 3. The number of unbranched alkanes of at least 4 members (excludes halogenated alkanes) is 1. The maximum atomic E-state index is 12.6. The van der Waals surface area contributed by atoms with Crippen LogP contribution < -0.4 is 11.1 Å². The average Bonchev–Trinajstić information content (AvgIpc) is 2.96. The molecule has 1 heterocycles. The Labute approximate surface area is 164 Å². The van der Waals surface area contributed by atoms with E-state index in [0.29, 0.717) is 23.2 Å². The number of nitrogens with two attached hydrogens (primary N) is 1. The van der Waals surface area contributed by atoms with Gasteiger partial charge in [0.1, 0.15) is 0 Å². The Morgan fingerprint density at radius 1 is 1.07 bits per heavy atom. The van der Waals surface area contributed by atoms with Gasteiger partial charge in [-0.2, -0.15) is 0 Å². The van der Waals surface area contributed by atoms with Gasteiger partial charge >= 0.3 is 0 Å². The van der Waals surface area contributed by atoms with Crippen molar-refractivity contribution in [2.45, 2.75) is 38.8 Å². The SMILES string of the molecule is CCCCC(CN)NC(=O)c1cccc(CN2C(=O)c3ccccc3C2=O)c1. The zero-order valence-corrected chi connectivity index (χ0v) is 16.0. The summed E-state index contributed by atoms with van der Waals surface area (Å²) >= 11 is 0. The number of rotatable bonds is 8. The number of nitrogens with zero attached hydrogens (tertiary/aromatic N) is 1. The van der Waals surface area contributed by atoms with Crippen molar-refractivity contribution in [3.8, 4) is 0 Å². The minimum absolute atomic E-state index is 0.0626. The van der Waals surface area contributed by atoms with Crippen molar-refractivity contribution in [1.29, 1.82) is 0 Å². The van der Waals surface area contributed by atoms with Crippen LogP contribution in [-0.2, 0) is 6.54 Å². The van der Waals surface area contributed by atoms with E-state index in [4.69, 9.17) is 5.73 Å². The number of nitrogens with one attached hydrogen (secondary N) is 1. The predicted octanol–water partition coefficient (Wildman–Crippen LogP) is 2.73. The zero-order chi connectivity index (χ0) is 20.1. The minimum atomic E-state index is -0.307. The van der Waals surface area contributed by atoms with Crippen molar-refractivity contribution >= 4 is 17.7 Å². The minimum Gasteiger partial charge on any atom is -0.348 e. The zero-order valence-electron chi connectivity index (χ0n) is 16.0. The first-order valence-electron chi connectivity index (χ1n) is 9.60. The molecule has 1 aliphatic rings. The second-order valence-electron chi connectivity index (χ2n) is 6.99. The molecule has 0 saturated heterocycles. The molecule has 2 aromatic carbocycles. The maximum Gasteiger partial charge on any atom is 0.261 e. The quantitative estimate of drug-likeness (QED) is 0.690. The second kappa shape index (κ2) is 8.80. The molecule has 3 N–H and O–H groups in total. The highest BCUT2D eigenvalue weighted by Crippen LogP contribution is 2.24. The normalized spacial score (nSPS) is 14.1. The van der Waals surface area contributed by atoms with Gasteiger partial charge in [-0.05, 0) is 36.2 Å². The molecular formula is C22H25N3O3. The first-order valence-corrected chi connectivity index (χ1v) is 9.60. The van der Waals surface area contributed by atoms with Gasteiger partial charge in [0.25, 0.3) is 17.7 Å². The molecule has 28 heavy (non-hydrogen) atoms. The number of hydrogen-bond donors (Lipinski definition) is 2. The van der Waals surface area contributed by atoms with E-state index in [1.807, 2.05) is 0 Å². The fourth-order valence-electron chi connectivity index (χ4n) is 3.34. The van der Waals surface area contributed by atoms with E-state index in [-0.39, 0.29) is 30.3 Å². The van der Waals surface area contributed by atoms with Crippen LogP contribution in [0.1, 0.15) is 62.8 Å². The van der Waals surface area contributed by atoms with E-state index in [1.54, 1.807) is 48.5 Å². The lowest BCUT2D eigenvalue weighted by atomic mass is 10.1. The van der Waals surface area contributed by atoms with Crippen LogP contribution in [0.15, 0.2) is 48.5 Å². The summed E-state index contributed by atoms with van der Waals surface area (Å²) < 4.78 is 0. The van der Waals surface area contributed by atoms with Gasteiger partial charge in [0, 0.05) is 18.2 Å². The molecule has 146 valence electrons. The van der Waals surface area contributed by atoms with Crippen molar-refractivity contribution < 1.29 is 14.4 Å². The van der Waals surface area contributed by atoms with E-state index in [9.17, 15) is 14.4 Å². The van der Waals surface area contributed by atoms with Gasteiger partial charge < -0.3 is 11.1 Å². The van der Waals surface area contributed by atoms with Crippen LogP contribution in [0.3, 0.4) is 0 Å². The van der Waals surface area contributed by atoms with Gasteiger partial charge in [-0.1, -0.05) is 44.0 Å². The molecule has 3 rings (SSSR count). The molecule has 2 aromatic rings. The van der Waals surface area contributed by atoms with Gasteiger partial charge in [-0.3, -0.25) is 19.3 Å². The van der Waals surface area contributed by atoms with Crippen LogP contribution in [0.5, 0.6) is 0 Å². The molecule has 0 radical (unpaired) electrons. The van der Waals surface area contributed by atoms with Gasteiger partial charge in [0.2, 0.25) is 0 Å². The fraction of sp³-hybridized carbons (Fsp3) is 0.318.